The lowest BCUT2D eigenvalue weighted by Gasteiger charge is -2.33. The van der Waals surface area contributed by atoms with Crippen LogP contribution in [0.15, 0.2) is 0 Å². The lowest BCUT2D eigenvalue weighted by Crippen LogP contribution is -2.54. The summed E-state index contributed by atoms with van der Waals surface area (Å²) in [6.45, 7) is 12.0. The highest BCUT2D eigenvalue weighted by molar-refractivity contribution is 5.83. The topological polar surface area (TPSA) is 90.8 Å². The number of nitrogens with two attached hydrogens (primary N) is 2. The summed E-state index contributed by atoms with van der Waals surface area (Å²) in [6, 6.07) is 0.137. The Balaban J connectivity index is 4.44. The molecule has 0 heterocycles. The molecule has 2 unspecified atom stereocenters. The Morgan fingerprint density at radius 1 is 1.20 bits per heavy atom. The van der Waals surface area contributed by atoms with E-state index >= 15 is 0 Å². The quantitative estimate of drug-likeness (QED) is 0.506. The maximum atomic E-state index is 11.3. The summed E-state index contributed by atoms with van der Waals surface area (Å²) in [4.78, 5) is 13.6. The van der Waals surface area contributed by atoms with Gasteiger partial charge < -0.3 is 20.9 Å². The fourth-order valence-electron chi connectivity index (χ4n) is 2.05. The first-order chi connectivity index (χ1) is 9.35. The van der Waals surface area contributed by atoms with Crippen molar-refractivity contribution in [2.45, 2.75) is 45.7 Å². The number of rotatable bonds is 12. The van der Waals surface area contributed by atoms with E-state index in [-0.39, 0.29) is 6.04 Å². The number of hydrogen-bond acceptors (Lipinski definition) is 5. The highest BCUT2D eigenvalue weighted by Gasteiger charge is 2.30. The van der Waals surface area contributed by atoms with Gasteiger partial charge in [0.1, 0.15) is 0 Å². The molecule has 0 saturated heterocycles. The van der Waals surface area contributed by atoms with Crippen LogP contribution in [0.1, 0.15) is 34.1 Å². The van der Waals surface area contributed by atoms with Gasteiger partial charge in [-0.2, -0.15) is 0 Å². The van der Waals surface area contributed by atoms with Crippen molar-refractivity contribution in [1.29, 1.82) is 0 Å². The van der Waals surface area contributed by atoms with Gasteiger partial charge in [-0.3, -0.25) is 9.69 Å². The molecule has 0 aromatic rings. The van der Waals surface area contributed by atoms with E-state index in [0.717, 1.165) is 13.1 Å². The van der Waals surface area contributed by atoms with Crippen LogP contribution in [-0.2, 0) is 14.3 Å². The third kappa shape index (κ3) is 7.79. The molecule has 0 rings (SSSR count). The molecule has 0 spiro atoms. The van der Waals surface area contributed by atoms with Crippen LogP contribution in [0.2, 0.25) is 0 Å². The van der Waals surface area contributed by atoms with Gasteiger partial charge >= 0.3 is 0 Å². The maximum Gasteiger partial charge on any atom is 0.237 e. The van der Waals surface area contributed by atoms with Gasteiger partial charge in [0, 0.05) is 32.3 Å². The van der Waals surface area contributed by atoms with Crippen LogP contribution in [0.5, 0.6) is 0 Å². The Morgan fingerprint density at radius 3 is 2.00 bits per heavy atom. The molecule has 6 nitrogen and oxygen atoms in total. The molecule has 2 atom stereocenters. The highest BCUT2D eigenvalue weighted by Crippen LogP contribution is 2.13. The SMILES string of the molecule is CCOCCN(CCOCC)C(C)CC(C)(N)C(N)=O. The molecule has 0 saturated carbocycles. The summed E-state index contributed by atoms with van der Waals surface area (Å²) in [5.41, 5.74) is 10.3. The van der Waals surface area contributed by atoms with Crippen LogP contribution in [0.4, 0.5) is 0 Å². The molecular weight excluding hydrogens is 258 g/mol. The number of nitrogens with zero attached hydrogens (tertiary/aromatic N) is 1. The van der Waals surface area contributed by atoms with E-state index in [9.17, 15) is 4.79 Å². The van der Waals surface area contributed by atoms with Gasteiger partial charge in [0.15, 0.2) is 0 Å². The predicted octanol–water partition coefficient (Wildman–Crippen LogP) is 0.343. The van der Waals surface area contributed by atoms with Gasteiger partial charge in [0.25, 0.3) is 0 Å². The number of primary amides is 1. The normalized spacial score (nSPS) is 16.1. The van der Waals surface area contributed by atoms with E-state index in [0.29, 0.717) is 32.8 Å². The second kappa shape index (κ2) is 10.1. The minimum atomic E-state index is -0.991. The fourth-order valence-corrected chi connectivity index (χ4v) is 2.05. The van der Waals surface area contributed by atoms with E-state index in [1.54, 1.807) is 6.92 Å². The van der Waals surface area contributed by atoms with E-state index in [4.69, 9.17) is 20.9 Å². The number of hydrogen-bond donors (Lipinski definition) is 2. The smallest absolute Gasteiger partial charge is 0.237 e. The number of ether oxygens (including phenoxy) is 2. The molecule has 0 aromatic heterocycles. The van der Waals surface area contributed by atoms with Crippen LogP contribution in [0, 0.1) is 0 Å². The molecule has 6 heteroatoms. The Kier molecular flexibility index (Phi) is 9.75. The monoisotopic (exact) mass is 289 g/mol. The first-order valence-corrected chi connectivity index (χ1v) is 7.33. The molecule has 0 aliphatic heterocycles. The van der Waals surface area contributed by atoms with E-state index in [1.165, 1.54) is 0 Å². The van der Waals surface area contributed by atoms with Crippen molar-refractivity contribution in [3.05, 3.63) is 0 Å². The molecule has 0 aliphatic rings. The fraction of sp³-hybridized carbons (Fsp3) is 0.929. The predicted molar refractivity (Wildman–Crippen MR) is 80.4 cm³/mol. The van der Waals surface area contributed by atoms with Gasteiger partial charge in [0.2, 0.25) is 5.91 Å². The molecule has 20 heavy (non-hydrogen) atoms. The first-order valence-electron chi connectivity index (χ1n) is 7.33. The number of carbonyl (C=O) groups is 1. The Morgan fingerprint density at radius 2 is 1.65 bits per heavy atom. The molecule has 120 valence electrons. The van der Waals surface area contributed by atoms with Crippen LogP contribution >= 0.6 is 0 Å². The highest BCUT2D eigenvalue weighted by atomic mass is 16.5. The lowest BCUT2D eigenvalue weighted by molar-refractivity contribution is -0.123. The Bertz CT molecular complexity index is 262. The minimum absolute atomic E-state index is 0.137. The summed E-state index contributed by atoms with van der Waals surface area (Å²) in [5, 5.41) is 0. The van der Waals surface area contributed by atoms with E-state index in [2.05, 4.69) is 4.90 Å². The van der Waals surface area contributed by atoms with Gasteiger partial charge in [-0.05, 0) is 34.1 Å². The summed E-state index contributed by atoms with van der Waals surface area (Å²) in [5.74, 6) is -0.473. The first kappa shape index (κ1) is 19.3. The van der Waals surface area contributed by atoms with Gasteiger partial charge in [-0.1, -0.05) is 0 Å². The van der Waals surface area contributed by atoms with Crippen molar-refractivity contribution in [3.63, 3.8) is 0 Å². The molecule has 0 radical (unpaired) electrons. The summed E-state index contributed by atoms with van der Waals surface area (Å²) in [6.07, 6.45) is 0.514. The van der Waals surface area contributed by atoms with Crippen molar-refractivity contribution < 1.29 is 14.3 Å². The summed E-state index contributed by atoms with van der Waals surface area (Å²) >= 11 is 0. The number of carbonyl (C=O) groups excluding carboxylic acids is 1. The molecule has 0 aromatic carbocycles. The molecule has 4 N–H and O–H groups in total. The van der Waals surface area contributed by atoms with Crippen LogP contribution in [-0.4, -0.2) is 61.9 Å². The largest absolute Gasteiger partial charge is 0.380 e. The van der Waals surface area contributed by atoms with E-state index in [1.807, 2.05) is 20.8 Å². The average molecular weight is 289 g/mol. The van der Waals surface area contributed by atoms with E-state index < -0.39 is 11.4 Å². The van der Waals surface area contributed by atoms with Gasteiger partial charge in [0.05, 0.1) is 18.8 Å². The van der Waals surface area contributed by atoms with Gasteiger partial charge in [-0.15, -0.1) is 0 Å². The van der Waals surface area contributed by atoms with Crippen molar-refractivity contribution in [2.24, 2.45) is 11.5 Å². The van der Waals surface area contributed by atoms with Crippen LogP contribution in [0.25, 0.3) is 0 Å². The standard InChI is InChI=1S/C14H31N3O3/c1-5-19-9-7-17(8-10-20-6-2)12(3)11-14(4,16)13(15)18/h12H,5-11,16H2,1-4H3,(H2,15,18). The van der Waals surface area contributed by atoms with Crippen LogP contribution in [0.3, 0.4) is 0 Å². The number of amides is 1. The van der Waals surface area contributed by atoms with Crippen molar-refractivity contribution in [2.75, 3.05) is 39.5 Å². The minimum Gasteiger partial charge on any atom is -0.380 e. The maximum absolute atomic E-state index is 11.3. The molecular formula is C14H31N3O3. The zero-order chi connectivity index (χ0) is 15.6. The average Bonchev–Trinajstić information content (AvgIpc) is 2.36. The third-order valence-corrected chi connectivity index (χ3v) is 3.36. The Labute approximate surface area is 122 Å². The second-order valence-corrected chi connectivity index (χ2v) is 5.26. The summed E-state index contributed by atoms with van der Waals surface area (Å²) < 4.78 is 10.8. The second-order valence-electron chi connectivity index (χ2n) is 5.26. The van der Waals surface area contributed by atoms with Gasteiger partial charge in [-0.25, -0.2) is 0 Å². The zero-order valence-electron chi connectivity index (χ0n) is 13.4. The van der Waals surface area contributed by atoms with Crippen molar-refractivity contribution >= 4 is 5.91 Å². The summed E-state index contributed by atoms with van der Waals surface area (Å²) in [7, 11) is 0. The molecule has 0 fully saturated rings. The lowest BCUT2D eigenvalue weighted by atomic mass is 9.93. The third-order valence-electron chi connectivity index (χ3n) is 3.36. The Hall–Kier alpha value is -0.690. The van der Waals surface area contributed by atoms with Crippen LogP contribution < -0.4 is 11.5 Å². The zero-order valence-corrected chi connectivity index (χ0v) is 13.4. The molecule has 0 bridgehead atoms. The van der Waals surface area contributed by atoms with Crippen molar-refractivity contribution in [3.8, 4) is 0 Å². The molecule has 1 amide bonds. The molecule has 0 aliphatic carbocycles. The van der Waals surface area contributed by atoms with Crippen molar-refractivity contribution in [1.82, 2.24) is 4.90 Å².